The van der Waals surface area contributed by atoms with Gasteiger partial charge in [-0.2, -0.15) is 0 Å². The first-order valence-corrected chi connectivity index (χ1v) is 7.34. The van der Waals surface area contributed by atoms with Gasteiger partial charge < -0.3 is 15.6 Å². The molecule has 5 heteroatoms. The van der Waals surface area contributed by atoms with Crippen molar-refractivity contribution in [3.05, 3.63) is 42.5 Å². The standard InChI is InChI=1S/C16H22N4O/c1-2-4-15-18-10-12-20(15)11-3-5-16(21)19-14-8-6-13(17)7-9-14/h6-10,12H,2-5,11,17H2,1H3,(H,19,21). The number of nitrogens with zero attached hydrogens (tertiary/aromatic N) is 2. The number of rotatable bonds is 7. The summed E-state index contributed by atoms with van der Waals surface area (Å²) < 4.78 is 2.12. The molecule has 0 bridgehead atoms. The van der Waals surface area contributed by atoms with Crippen molar-refractivity contribution in [2.24, 2.45) is 0 Å². The SMILES string of the molecule is CCCc1nccn1CCCC(=O)Nc1ccc(N)cc1. The van der Waals surface area contributed by atoms with Crippen molar-refractivity contribution in [2.45, 2.75) is 39.2 Å². The monoisotopic (exact) mass is 286 g/mol. The average Bonchev–Trinajstić information content (AvgIpc) is 2.89. The van der Waals surface area contributed by atoms with E-state index in [9.17, 15) is 4.79 Å². The number of imidazole rings is 1. The molecule has 2 rings (SSSR count). The molecule has 2 aromatic rings. The number of carbonyl (C=O) groups excluding carboxylic acids is 1. The molecule has 1 aromatic carbocycles. The first kappa shape index (κ1) is 15.1. The molecule has 0 aliphatic carbocycles. The van der Waals surface area contributed by atoms with E-state index in [1.165, 1.54) is 0 Å². The molecule has 0 spiro atoms. The Kier molecular flexibility index (Phi) is 5.37. The predicted octanol–water partition coefficient (Wildman–Crippen LogP) is 2.84. The van der Waals surface area contributed by atoms with E-state index in [-0.39, 0.29) is 5.91 Å². The quantitative estimate of drug-likeness (QED) is 0.769. The Morgan fingerprint density at radius 1 is 1.33 bits per heavy atom. The van der Waals surface area contributed by atoms with Crippen LogP contribution in [0.2, 0.25) is 0 Å². The maximum absolute atomic E-state index is 11.9. The van der Waals surface area contributed by atoms with Gasteiger partial charge >= 0.3 is 0 Å². The Balaban J connectivity index is 1.76. The lowest BCUT2D eigenvalue weighted by atomic mass is 10.2. The number of nitrogens with one attached hydrogen (secondary N) is 1. The minimum Gasteiger partial charge on any atom is -0.399 e. The molecule has 0 atom stereocenters. The van der Waals surface area contributed by atoms with Crippen molar-refractivity contribution in [3.8, 4) is 0 Å². The second-order valence-corrected chi connectivity index (χ2v) is 5.06. The zero-order chi connectivity index (χ0) is 15.1. The van der Waals surface area contributed by atoms with Crippen LogP contribution in [0.15, 0.2) is 36.7 Å². The fourth-order valence-electron chi connectivity index (χ4n) is 2.20. The summed E-state index contributed by atoms with van der Waals surface area (Å²) in [7, 11) is 0. The molecular weight excluding hydrogens is 264 g/mol. The zero-order valence-corrected chi connectivity index (χ0v) is 12.4. The van der Waals surface area contributed by atoms with Crippen LogP contribution in [-0.2, 0) is 17.8 Å². The summed E-state index contributed by atoms with van der Waals surface area (Å²) in [5.41, 5.74) is 7.08. The molecule has 5 nitrogen and oxygen atoms in total. The van der Waals surface area contributed by atoms with Crippen molar-refractivity contribution >= 4 is 17.3 Å². The molecule has 1 aromatic heterocycles. The lowest BCUT2D eigenvalue weighted by Crippen LogP contribution is -2.13. The van der Waals surface area contributed by atoms with Gasteiger partial charge in [0.15, 0.2) is 0 Å². The lowest BCUT2D eigenvalue weighted by molar-refractivity contribution is -0.116. The van der Waals surface area contributed by atoms with Gasteiger partial charge in [0, 0.05) is 43.2 Å². The van der Waals surface area contributed by atoms with Gasteiger partial charge in [-0.15, -0.1) is 0 Å². The molecule has 3 N–H and O–H groups in total. The van der Waals surface area contributed by atoms with Crippen molar-refractivity contribution in [3.63, 3.8) is 0 Å². The van der Waals surface area contributed by atoms with Crippen LogP contribution in [0.1, 0.15) is 32.0 Å². The minimum atomic E-state index is 0.0249. The van der Waals surface area contributed by atoms with Gasteiger partial charge in [0.1, 0.15) is 5.82 Å². The second-order valence-electron chi connectivity index (χ2n) is 5.06. The normalized spacial score (nSPS) is 10.5. The molecule has 0 aliphatic rings. The van der Waals surface area contributed by atoms with E-state index in [2.05, 4.69) is 21.8 Å². The molecule has 0 saturated carbocycles. The highest BCUT2D eigenvalue weighted by atomic mass is 16.1. The number of carbonyl (C=O) groups is 1. The Labute approximate surface area is 125 Å². The van der Waals surface area contributed by atoms with Gasteiger partial charge in [0.2, 0.25) is 5.91 Å². The number of anilines is 2. The van der Waals surface area contributed by atoms with Crippen molar-refractivity contribution in [1.82, 2.24) is 9.55 Å². The van der Waals surface area contributed by atoms with Gasteiger partial charge in [-0.25, -0.2) is 4.98 Å². The summed E-state index contributed by atoms with van der Waals surface area (Å²) in [6, 6.07) is 7.17. The molecule has 21 heavy (non-hydrogen) atoms. The topological polar surface area (TPSA) is 72.9 Å². The van der Waals surface area contributed by atoms with E-state index in [0.29, 0.717) is 12.1 Å². The average molecular weight is 286 g/mol. The third-order valence-electron chi connectivity index (χ3n) is 3.27. The minimum absolute atomic E-state index is 0.0249. The molecule has 1 heterocycles. The number of nitrogens with two attached hydrogens (primary N) is 1. The van der Waals surface area contributed by atoms with Gasteiger partial charge in [-0.1, -0.05) is 6.92 Å². The van der Waals surface area contributed by atoms with Crippen LogP contribution in [0.4, 0.5) is 11.4 Å². The number of hydrogen-bond donors (Lipinski definition) is 2. The molecular formula is C16H22N4O. The number of aromatic nitrogens is 2. The van der Waals surface area contributed by atoms with Gasteiger partial charge in [0.05, 0.1) is 0 Å². The summed E-state index contributed by atoms with van der Waals surface area (Å²) in [6.07, 6.45) is 7.14. The third kappa shape index (κ3) is 4.63. The highest BCUT2D eigenvalue weighted by molar-refractivity contribution is 5.90. The van der Waals surface area contributed by atoms with Gasteiger partial charge in [-0.05, 0) is 37.1 Å². The highest BCUT2D eigenvalue weighted by Crippen LogP contribution is 2.11. The molecule has 1 amide bonds. The summed E-state index contributed by atoms with van der Waals surface area (Å²) in [4.78, 5) is 16.2. The number of amides is 1. The van der Waals surface area contributed by atoms with Crippen molar-refractivity contribution in [2.75, 3.05) is 11.1 Å². The van der Waals surface area contributed by atoms with Crippen molar-refractivity contribution < 1.29 is 4.79 Å². The van der Waals surface area contributed by atoms with Crippen LogP contribution >= 0.6 is 0 Å². The molecule has 0 aliphatic heterocycles. The number of benzene rings is 1. The first-order chi connectivity index (χ1) is 10.2. The molecule has 0 radical (unpaired) electrons. The summed E-state index contributed by atoms with van der Waals surface area (Å²) in [5, 5.41) is 2.87. The predicted molar refractivity (Wildman–Crippen MR) is 84.9 cm³/mol. The lowest BCUT2D eigenvalue weighted by Gasteiger charge is -2.08. The zero-order valence-electron chi connectivity index (χ0n) is 12.4. The third-order valence-corrected chi connectivity index (χ3v) is 3.27. The van der Waals surface area contributed by atoms with Gasteiger partial charge in [-0.3, -0.25) is 4.79 Å². The van der Waals surface area contributed by atoms with Crippen LogP contribution in [0.5, 0.6) is 0 Å². The summed E-state index contributed by atoms with van der Waals surface area (Å²) >= 11 is 0. The Morgan fingerprint density at radius 3 is 2.81 bits per heavy atom. The van der Waals surface area contributed by atoms with E-state index < -0.39 is 0 Å². The Hall–Kier alpha value is -2.30. The summed E-state index contributed by atoms with van der Waals surface area (Å²) in [5.74, 6) is 1.12. The largest absolute Gasteiger partial charge is 0.399 e. The first-order valence-electron chi connectivity index (χ1n) is 7.34. The fourth-order valence-corrected chi connectivity index (χ4v) is 2.20. The summed E-state index contributed by atoms with van der Waals surface area (Å²) in [6.45, 7) is 2.96. The van der Waals surface area contributed by atoms with E-state index in [4.69, 9.17) is 5.73 Å². The van der Waals surface area contributed by atoms with E-state index in [1.54, 1.807) is 12.1 Å². The number of aryl methyl sites for hydroxylation is 2. The molecule has 112 valence electrons. The van der Waals surface area contributed by atoms with Gasteiger partial charge in [0.25, 0.3) is 0 Å². The van der Waals surface area contributed by atoms with E-state index in [0.717, 1.165) is 37.3 Å². The maximum atomic E-state index is 11.9. The molecule has 0 fully saturated rings. The number of hydrogen-bond acceptors (Lipinski definition) is 3. The van der Waals surface area contributed by atoms with E-state index in [1.807, 2.05) is 24.5 Å². The number of nitrogen functional groups attached to an aromatic ring is 1. The van der Waals surface area contributed by atoms with Crippen LogP contribution in [0, 0.1) is 0 Å². The maximum Gasteiger partial charge on any atom is 0.224 e. The van der Waals surface area contributed by atoms with Crippen LogP contribution < -0.4 is 11.1 Å². The second kappa shape index (κ2) is 7.47. The van der Waals surface area contributed by atoms with Crippen molar-refractivity contribution in [1.29, 1.82) is 0 Å². The Bertz CT molecular complexity index is 574. The Morgan fingerprint density at radius 2 is 2.10 bits per heavy atom. The fraction of sp³-hybridized carbons (Fsp3) is 0.375. The van der Waals surface area contributed by atoms with Crippen LogP contribution in [-0.4, -0.2) is 15.5 Å². The molecule has 0 saturated heterocycles. The highest BCUT2D eigenvalue weighted by Gasteiger charge is 2.05. The molecule has 0 unspecified atom stereocenters. The van der Waals surface area contributed by atoms with Crippen LogP contribution in [0.25, 0.3) is 0 Å². The van der Waals surface area contributed by atoms with Crippen LogP contribution in [0.3, 0.4) is 0 Å². The van der Waals surface area contributed by atoms with E-state index >= 15 is 0 Å². The smallest absolute Gasteiger partial charge is 0.224 e.